The van der Waals surface area contributed by atoms with Crippen molar-refractivity contribution in [2.24, 2.45) is 5.92 Å². The summed E-state index contributed by atoms with van der Waals surface area (Å²) in [5, 5.41) is 0. The molecule has 0 aromatic heterocycles. The standard InChI is InChI=1S/C16H18F2O7S/c1-10-4-6-11(7-5-10)26(21,22)25-13(14(17)18)9-8-12(15(19)23-2)16(20)24-3/h4-7,12H,8-9H2,1-3H3. The maximum Gasteiger partial charge on any atom is 0.339 e. The van der Waals surface area contributed by atoms with E-state index in [1.165, 1.54) is 24.3 Å². The van der Waals surface area contributed by atoms with E-state index in [9.17, 15) is 26.8 Å². The van der Waals surface area contributed by atoms with Gasteiger partial charge in [0.1, 0.15) is 4.90 Å². The number of benzene rings is 1. The summed E-state index contributed by atoms with van der Waals surface area (Å²) in [6.45, 7) is 1.73. The molecule has 0 atom stereocenters. The minimum atomic E-state index is -4.49. The second-order valence-electron chi connectivity index (χ2n) is 5.17. The van der Waals surface area contributed by atoms with Crippen LogP contribution in [0, 0.1) is 12.8 Å². The van der Waals surface area contributed by atoms with Gasteiger partial charge in [0, 0.05) is 6.42 Å². The van der Waals surface area contributed by atoms with Gasteiger partial charge in [0.25, 0.3) is 0 Å². The van der Waals surface area contributed by atoms with Crippen molar-refractivity contribution in [2.75, 3.05) is 14.2 Å². The van der Waals surface area contributed by atoms with Gasteiger partial charge in [0.2, 0.25) is 0 Å². The van der Waals surface area contributed by atoms with Gasteiger partial charge in [0.05, 0.1) is 14.2 Å². The molecule has 1 aromatic rings. The average molecular weight is 392 g/mol. The van der Waals surface area contributed by atoms with E-state index >= 15 is 0 Å². The van der Waals surface area contributed by atoms with Crippen LogP contribution in [0.2, 0.25) is 0 Å². The first kappa shape index (κ1) is 21.6. The first-order valence-corrected chi connectivity index (χ1v) is 8.74. The topological polar surface area (TPSA) is 96.0 Å². The number of ether oxygens (including phenoxy) is 2. The maximum absolute atomic E-state index is 13.1. The van der Waals surface area contributed by atoms with Crippen molar-refractivity contribution >= 4 is 22.1 Å². The van der Waals surface area contributed by atoms with Gasteiger partial charge >= 0.3 is 28.1 Å². The summed E-state index contributed by atoms with van der Waals surface area (Å²) in [4.78, 5) is 22.8. The molecule has 0 saturated heterocycles. The normalized spacial score (nSPS) is 11.0. The number of hydrogen-bond donors (Lipinski definition) is 0. The Bertz CT molecular complexity index is 765. The number of carbonyl (C=O) groups excluding carboxylic acids is 2. The highest BCUT2D eigenvalue weighted by Crippen LogP contribution is 2.25. The lowest BCUT2D eigenvalue weighted by atomic mass is 10.0. The number of halogens is 2. The predicted molar refractivity (Wildman–Crippen MR) is 85.4 cm³/mol. The highest BCUT2D eigenvalue weighted by molar-refractivity contribution is 7.86. The summed E-state index contributed by atoms with van der Waals surface area (Å²) in [5.74, 6) is -4.62. The molecule has 0 aliphatic heterocycles. The molecule has 0 amide bonds. The molecule has 0 fully saturated rings. The van der Waals surface area contributed by atoms with E-state index in [0.29, 0.717) is 0 Å². The van der Waals surface area contributed by atoms with Crippen LogP contribution in [0.25, 0.3) is 0 Å². The Labute approximate surface area is 149 Å². The Hall–Kier alpha value is -2.49. The van der Waals surface area contributed by atoms with Crippen molar-refractivity contribution in [1.82, 2.24) is 0 Å². The van der Waals surface area contributed by atoms with E-state index in [1.54, 1.807) is 6.92 Å². The van der Waals surface area contributed by atoms with Crippen LogP contribution in [0.1, 0.15) is 18.4 Å². The second kappa shape index (κ2) is 9.27. The molecule has 1 rings (SSSR count). The van der Waals surface area contributed by atoms with Crippen LogP contribution in [0.4, 0.5) is 8.78 Å². The van der Waals surface area contributed by atoms with Crippen molar-refractivity contribution < 1.29 is 40.4 Å². The number of hydrogen-bond acceptors (Lipinski definition) is 7. The Morgan fingerprint density at radius 3 is 1.96 bits per heavy atom. The molecule has 0 saturated carbocycles. The Morgan fingerprint density at radius 1 is 1.04 bits per heavy atom. The fourth-order valence-corrected chi connectivity index (χ4v) is 2.92. The van der Waals surface area contributed by atoms with Crippen molar-refractivity contribution in [3.63, 3.8) is 0 Å². The summed E-state index contributed by atoms with van der Waals surface area (Å²) in [6, 6.07) is 5.39. The summed E-state index contributed by atoms with van der Waals surface area (Å²) < 4.78 is 63.7. The van der Waals surface area contributed by atoms with Crippen LogP contribution < -0.4 is 0 Å². The monoisotopic (exact) mass is 392 g/mol. The van der Waals surface area contributed by atoms with E-state index in [4.69, 9.17) is 0 Å². The minimum absolute atomic E-state index is 0.306. The molecule has 0 N–H and O–H groups in total. The smallest absolute Gasteiger partial charge is 0.339 e. The second-order valence-corrected chi connectivity index (χ2v) is 6.72. The van der Waals surface area contributed by atoms with Gasteiger partial charge in [-0.2, -0.15) is 17.2 Å². The highest BCUT2D eigenvalue weighted by Gasteiger charge is 2.30. The number of rotatable bonds is 8. The van der Waals surface area contributed by atoms with E-state index in [2.05, 4.69) is 13.7 Å². The Morgan fingerprint density at radius 2 is 1.54 bits per heavy atom. The molecule has 0 unspecified atom stereocenters. The molecule has 0 heterocycles. The fraction of sp³-hybridized carbons (Fsp3) is 0.375. The number of carbonyl (C=O) groups is 2. The average Bonchev–Trinajstić information content (AvgIpc) is 2.60. The quantitative estimate of drug-likeness (QED) is 0.290. The molecule has 0 radical (unpaired) electrons. The van der Waals surface area contributed by atoms with Crippen molar-refractivity contribution in [3.05, 3.63) is 41.7 Å². The SMILES string of the molecule is COC(=O)C(CCC(OS(=O)(=O)c1ccc(C)cc1)=C(F)F)C(=O)OC. The third-order valence-corrected chi connectivity index (χ3v) is 4.63. The van der Waals surface area contributed by atoms with Crippen LogP contribution in [-0.2, 0) is 33.4 Å². The summed E-state index contributed by atoms with van der Waals surface area (Å²) in [5.41, 5.74) is 0.774. The van der Waals surface area contributed by atoms with Crippen LogP contribution >= 0.6 is 0 Å². The Balaban J connectivity index is 2.96. The van der Waals surface area contributed by atoms with Gasteiger partial charge in [-0.15, -0.1) is 0 Å². The van der Waals surface area contributed by atoms with E-state index < -0.39 is 52.7 Å². The minimum Gasteiger partial charge on any atom is -0.468 e. The lowest BCUT2D eigenvalue weighted by molar-refractivity contribution is -0.159. The molecule has 7 nitrogen and oxygen atoms in total. The molecular formula is C16H18F2O7S. The van der Waals surface area contributed by atoms with Crippen LogP contribution in [0.5, 0.6) is 0 Å². The molecule has 1 aromatic carbocycles. The number of allylic oxidation sites excluding steroid dienone is 1. The zero-order valence-electron chi connectivity index (χ0n) is 14.3. The molecule has 0 bridgehead atoms. The van der Waals surface area contributed by atoms with Gasteiger partial charge in [-0.1, -0.05) is 17.7 Å². The molecule has 0 aliphatic carbocycles. The van der Waals surface area contributed by atoms with E-state index in [-0.39, 0.29) is 4.90 Å². The van der Waals surface area contributed by atoms with E-state index in [1.807, 2.05) is 0 Å². The largest absolute Gasteiger partial charge is 0.468 e. The number of esters is 2. The first-order valence-electron chi connectivity index (χ1n) is 7.33. The van der Waals surface area contributed by atoms with Gasteiger partial charge in [-0.05, 0) is 25.5 Å². The van der Waals surface area contributed by atoms with Gasteiger partial charge in [-0.3, -0.25) is 9.59 Å². The molecule has 0 aliphatic rings. The van der Waals surface area contributed by atoms with Crippen LogP contribution in [-0.4, -0.2) is 34.6 Å². The van der Waals surface area contributed by atoms with E-state index in [0.717, 1.165) is 19.8 Å². The summed E-state index contributed by atoms with van der Waals surface area (Å²) in [7, 11) is -2.46. The number of methoxy groups -OCH3 is 2. The van der Waals surface area contributed by atoms with Crippen molar-refractivity contribution in [3.8, 4) is 0 Å². The van der Waals surface area contributed by atoms with Gasteiger partial charge < -0.3 is 13.7 Å². The van der Waals surface area contributed by atoms with Crippen LogP contribution in [0.15, 0.2) is 41.0 Å². The van der Waals surface area contributed by atoms with Crippen LogP contribution in [0.3, 0.4) is 0 Å². The first-order chi connectivity index (χ1) is 12.1. The van der Waals surface area contributed by atoms with Crippen molar-refractivity contribution in [2.45, 2.75) is 24.7 Å². The maximum atomic E-state index is 13.1. The molecule has 10 heteroatoms. The summed E-state index contributed by atoms with van der Waals surface area (Å²) in [6.07, 6.45) is -3.55. The van der Waals surface area contributed by atoms with Gasteiger partial charge in [-0.25, -0.2) is 0 Å². The zero-order valence-corrected chi connectivity index (χ0v) is 15.1. The molecule has 26 heavy (non-hydrogen) atoms. The summed E-state index contributed by atoms with van der Waals surface area (Å²) >= 11 is 0. The molecule has 144 valence electrons. The molecular weight excluding hydrogens is 374 g/mol. The fourth-order valence-electron chi connectivity index (χ4n) is 1.95. The third-order valence-electron chi connectivity index (χ3n) is 3.36. The zero-order chi connectivity index (χ0) is 19.9. The lowest BCUT2D eigenvalue weighted by Gasteiger charge is -2.14. The van der Waals surface area contributed by atoms with Crippen molar-refractivity contribution in [1.29, 1.82) is 0 Å². The molecule has 0 spiro atoms. The lowest BCUT2D eigenvalue weighted by Crippen LogP contribution is -2.26. The predicted octanol–water partition coefficient (Wildman–Crippen LogP) is 2.55. The Kier molecular flexibility index (Phi) is 7.69. The van der Waals surface area contributed by atoms with Gasteiger partial charge in [0.15, 0.2) is 11.7 Å². The highest BCUT2D eigenvalue weighted by atomic mass is 32.2. The number of aryl methyl sites for hydroxylation is 1. The third kappa shape index (κ3) is 5.80.